The zero-order valence-electron chi connectivity index (χ0n) is 8.96. The van der Waals surface area contributed by atoms with Crippen molar-refractivity contribution in [1.82, 2.24) is 5.32 Å². The van der Waals surface area contributed by atoms with E-state index in [1.807, 2.05) is 11.8 Å². The van der Waals surface area contributed by atoms with Crippen LogP contribution < -0.4 is 5.32 Å². The molecule has 0 radical (unpaired) electrons. The molecule has 0 amide bonds. The normalized spacial score (nSPS) is 16.9. The van der Waals surface area contributed by atoms with E-state index < -0.39 is 0 Å². The molecule has 1 aliphatic rings. The molecule has 0 bridgehead atoms. The third-order valence-electron chi connectivity index (χ3n) is 2.22. The molecule has 1 heterocycles. The summed E-state index contributed by atoms with van der Waals surface area (Å²) < 4.78 is 10.2. The molecule has 1 rings (SSSR count). The highest BCUT2D eigenvalue weighted by molar-refractivity contribution is 8.00. The topological polar surface area (TPSA) is 30.5 Å². The predicted molar refractivity (Wildman–Crippen MR) is 61.0 cm³/mol. The molecule has 0 unspecified atom stereocenters. The molecule has 14 heavy (non-hydrogen) atoms. The van der Waals surface area contributed by atoms with E-state index in [0.717, 1.165) is 32.2 Å². The second kappa shape index (κ2) is 8.53. The minimum Gasteiger partial charge on any atom is -0.382 e. The maximum atomic E-state index is 5.36. The molecule has 3 nitrogen and oxygen atoms in total. The summed E-state index contributed by atoms with van der Waals surface area (Å²) in [4.78, 5) is 0. The third kappa shape index (κ3) is 5.86. The monoisotopic (exact) mass is 219 g/mol. The molecule has 0 spiro atoms. The average Bonchev–Trinajstić information content (AvgIpc) is 2.13. The zero-order chi connectivity index (χ0) is 10.1. The summed E-state index contributed by atoms with van der Waals surface area (Å²) in [6.45, 7) is 3.43. The summed E-state index contributed by atoms with van der Waals surface area (Å²) in [7, 11) is 1.70. The summed E-state index contributed by atoms with van der Waals surface area (Å²) in [6, 6.07) is 0.786. The number of methoxy groups -OCH3 is 1. The van der Waals surface area contributed by atoms with Crippen molar-refractivity contribution in [2.24, 2.45) is 0 Å². The van der Waals surface area contributed by atoms with Gasteiger partial charge in [-0.25, -0.2) is 0 Å². The van der Waals surface area contributed by atoms with Crippen molar-refractivity contribution in [2.45, 2.75) is 18.9 Å². The molecule has 84 valence electrons. The van der Waals surface area contributed by atoms with E-state index in [2.05, 4.69) is 5.32 Å². The maximum absolute atomic E-state index is 5.36. The van der Waals surface area contributed by atoms with E-state index in [4.69, 9.17) is 9.47 Å². The highest BCUT2D eigenvalue weighted by Gasteiger charge is 2.15. The fourth-order valence-electron chi connectivity index (χ4n) is 1.23. The minimum atomic E-state index is 0.706. The lowest BCUT2D eigenvalue weighted by Crippen LogP contribution is -2.40. The van der Waals surface area contributed by atoms with Crippen LogP contribution in [-0.4, -0.2) is 51.0 Å². The molecule has 0 aromatic carbocycles. The Hall–Kier alpha value is 0.230. The number of ether oxygens (including phenoxy) is 2. The van der Waals surface area contributed by atoms with Gasteiger partial charge in [0.25, 0.3) is 0 Å². The molecule has 0 aromatic heterocycles. The van der Waals surface area contributed by atoms with Gasteiger partial charge in [0.2, 0.25) is 0 Å². The van der Waals surface area contributed by atoms with Crippen molar-refractivity contribution in [1.29, 1.82) is 0 Å². The van der Waals surface area contributed by atoms with E-state index in [9.17, 15) is 0 Å². The van der Waals surface area contributed by atoms with Gasteiger partial charge in [0.15, 0.2) is 0 Å². The van der Waals surface area contributed by atoms with E-state index in [0.29, 0.717) is 6.61 Å². The quantitative estimate of drug-likeness (QED) is 0.589. The Bertz CT molecular complexity index is 131. The molecule has 1 aliphatic heterocycles. The summed E-state index contributed by atoms with van der Waals surface area (Å²) in [5, 5.41) is 3.52. The first-order valence-electron chi connectivity index (χ1n) is 5.31. The van der Waals surface area contributed by atoms with Gasteiger partial charge in [0.1, 0.15) is 0 Å². The van der Waals surface area contributed by atoms with Crippen molar-refractivity contribution >= 4 is 11.8 Å². The fraction of sp³-hybridized carbons (Fsp3) is 1.00. The Morgan fingerprint density at radius 2 is 2.07 bits per heavy atom. The number of hydrogen-bond acceptors (Lipinski definition) is 4. The van der Waals surface area contributed by atoms with Crippen LogP contribution in [0.25, 0.3) is 0 Å². The summed E-state index contributed by atoms with van der Waals surface area (Å²) >= 11 is 2.02. The first-order valence-corrected chi connectivity index (χ1v) is 6.47. The number of thioether (sulfide) groups is 1. The number of unbranched alkanes of at least 4 members (excludes halogenated alkanes) is 1. The van der Waals surface area contributed by atoms with Gasteiger partial charge < -0.3 is 14.8 Å². The minimum absolute atomic E-state index is 0.706. The highest BCUT2D eigenvalue weighted by Crippen LogP contribution is 2.16. The number of rotatable bonds is 9. The Morgan fingerprint density at radius 1 is 1.21 bits per heavy atom. The summed E-state index contributed by atoms with van der Waals surface area (Å²) in [5.41, 5.74) is 0. The Labute approximate surface area is 90.9 Å². The molecule has 4 heteroatoms. The van der Waals surface area contributed by atoms with Crippen LogP contribution in [0.5, 0.6) is 0 Å². The van der Waals surface area contributed by atoms with E-state index >= 15 is 0 Å². The van der Waals surface area contributed by atoms with Crippen molar-refractivity contribution < 1.29 is 9.47 Å². The van der Waals surface area contributed by atoms with Crippen LogP contribution in [0.2, 0.25) is 0 Å². The second-order valence-electron chi connectivity index (χ2n) is 3.50. The van der Waals surface area contributed by atoms with Gasteiger partial charge in [0.05, 0.1) is 13.2 Å². The SMILES string of the molecule is COCCOCCCCNC1CSC1. The largest absolute Gasteiger partial charge is 0.382 e. The third-order valence-corrected chi connectivity index (χ3v) is 3.49. The lowest BCUT2D eigenvalue weighted by molar-refractivity contribution is 0.0688. The average molecular weight is 219 g/mol. The first-order chi connectivity index (χ1) is 6.93. The molecule has 1 fully saturated rings. The fourth-order valence-corrected chi connectivity index (χ4v) is 1.94. The standard InChI is InChI=1S/C10H21NO2S/c1-12-6-7-13-5-3-2-4-11-10-8-14-9-10/h10-11H,2-9H2,1H3. The van der Waals surface area contributed by atoms with Gasteiger partial charge in [-0.3, -0.25) is 0 Å². The lowest BCUT2D eigenvalue weighted by atomic mass is 10.3. The highest BCUT2D eigenvalue weighted by atomic mass is 32.2. The molecule has 0 saturated carbocycles. The molecule has 0 aliphatic carbocycles. The molecule has 0 atom stereocenters. The lowest BCUT2D eigenvalue weighted by Gasteiger charge is -2.25. The van der Waals surface area contributed by atoms with Crippen molar-refractivity contribution in [2.75, 3.05) is 45.0 Å². The molecule has 0 aromatic rings. The molecular weight excluding hydrogens is 198 g/mol. The van der Waals surface area contributed by atoms with Crippen LogP contribution in [0.4, 0.5) is 0 Å². The predicted octanol–water partition coefficient (Wildman–Crippen LogP) is 1.13. The van der Waals surface area contributed by atoms with Gasteiger partial charge in [0, 0.05) is 31.3 Å². The van der Waals surface area contributed by atoms with Crippen LogP contribution in [0.1, 0.15) is 12.8 Å². The van der Waals surface area contributed by atoms with Crippen LogP contribution in [0.3, 0.4) is 0 Å². The Kier molecular flexibility index (Phi) is 7.50. The van der Waals surface area contributed by atoms with Crippen LogP contribution in [-0.2, 0) is 9.47 Å². The van der Waals surface area contributed by atoms with E-state index in [-0.39, 0.29) is 0 Å². The summed E-state index contributed by atoms with van der Waals surface area (Å²) in [5.74, 6) is 2.59. The van der Waals surface area contributed by atoms with Crippen LogP contribution >= 0.6 is 11.8 Å². The Morgan fingerprint density at radius 3 is 2.71 bits per heavy atom. The number of hydrogen-bond donors (Lipinski definition) is 1. The van der Waals surface area contributed by atoms with Gasteiger partial charge >= 0.3 is 0 Å². The van der Waals surface area contributed by atoms with Crippen molar-refractivity contribution in [3.8, 4) is 0 Å². The van der Waals surface area contributed by atoms with Gasteiger partial charge in [-0.2, -0.15) is 11.8 Å². The Balaban J connectivity index is 1.67. The van der Waals surface area contributed by atoms with Crippen molar-refractivity contribution in [3.05, 3.63) is 0 Å². The first kappa shape index (κ1) is 12.3. The van der Waals surface area contributed by atoms with E-state index in [1.54, 1.807) is 7.11 Å². The summed E-state index contributed by atoms with van der Waals surface area (Å²) in [6.07, 6.45) is 2.37. The molecule has 1 N–H and O–H groups in total. The van der Waals surface area contributed by atoms with E-state index in [1.165, 1.54) is 17.9 Å². The van der Waals surface area contributed by atoms with Gasteiger partial charge in [-0.05, 0) is 19.4 Å². The molecular formula is C10H21NO2S. The zero-order valence-corrected chi connectivity index (χ0v) is 9.78. The smallest absolute Gasteiger partial charge is 0.0700 e. The maximum Gasteiger partial charge on any atom is 0.0700 e. The second-order valence-corrected chi connectivity index (χ2v) is 4.58. The van der Waals surface area contributed by atoms with Gasteiger partial charge in [-0.1, -0.05) is 0 Å². The number of nitrogens with one attached hydrogen (secondary N) is 1. The van der Waals surface area contributed by atoms with Crippen LogP contribution in [0, 0.1) is 0 Å². The van der Waals surface area contributed by atoms with Crippen LogP contribution in [0.15, 0.2) is 0 Å². The van der Waals surface area contributed by atoms with Gasteiger partial charge in [-0.15, -0.1) is 0 Å². The van der Waals surface area contributed by atoms with Crippen molar-refractivity contribution in [3.63, 3.8) is 0 Å². The molecule has 1 saturated heterocycles.